The van der Waals surface area contributed by atoms with E-state index in [1.807, 2.05) is 17.5 Å². The summed E-state index contributed by atoms with van der Waals surface area (Å²) in [7, 11) is 2.12. The van der Waals surface area contributed by atoms with Crippen molar-refractivity contribution in [3.05, 3.63) is 52.0 Å². The molecule has 0 radical (unpaired) electrons. The van der Waals surface area contributed by atoms with Crippen molar-refractivity contribution >= 4 is 45.2 Å². The first kappa shape index (κ1) is 21.7. The second-order valence-electron chi connectivity index (χ2n) is 8.16. The molecule has 0 bridgehead atoms. The summed E-state index contributed by atoms with van der Waals surface area (Å²) in [6, 6.07) is 5.57. The molecule has 0 atom stereocenters. The quantitative estimate of drug-likeness (QED) is 0.482. The van der Waals surface area contributed by atoms with Crippen LogP contribution in [0.1, 0.15) is 41.2 Å². The summed E-state index contributed by atoms with van der Waals surface area (Å²) < 4.78 is 0. The van der Waals surface area contributed by atoms with Crippen molar-refractivity contribution < 1.29 is 9.90 Å². The fourth-order valence-corrected chi connectivity index (χ4v) is 5.47. The van der Waals surface area contributed by atoms with Crippen molar-refractivity contribution in [3.63, 3.8) is 0 Å². The lowest BCUT2D eigenvalue weighted by Gasteiger charge is -2.21. The highest BCUT2D eigenvalue weighted by Gasteiger charge is 2.21. The van der Waals surface area contributed by atoms with E-state index in [1.54, 1.807) is 34.9 Å². The normalized spacial score (nSPS) is 14.6. The topological polar surface area (TPSA) is 78.3 Å². The zero-order chi connectivity index (χ0) is 22.0. The van der Waals surface area contributed by atoms with Gasteiger partial charge in [-0.05, 0) is 48.9 Å². The third kappa shape index (κ3) is 5.03. The van der Waals surface area contributed by atoms with Crippen molar-refractivity contribution in [1.82, 2.24) is 14.9 Å². The van der Waals surface area contributed by atoms with E-state index < -0.39 is 5.97 Å². The van der Waals surface area contributed by atoms with Crippen LogP contribution in [-0.4, -0.2) is 46.1 Å². The molecular weight excluding hydrogens is 428 g/mol. The first-order valence-corrected chi connectivity index (χ1v) is 12.0. The van der Waals surface area contributed by atoms with E-state index in [-0.39, 0.29) is 5.56 Å². The highest BCUT2D eigenvalue weighted by atomic mass is 32.1. The molecule has 1 aliphatic heterocycles. The minimum atomic E-state index is -1.01. The summed E-state index contributed by atoms with van der Waals surface area (Å²) >= 11 is 3.15. The zero-order valence-corrected chi connectivity index (χ0v) is 19.5. The van der Waals surface area contributed by atoms with Gasteiger partial charge in [0.05, 0.1) is 5.69 Å². The number of rotatable bonds is 7. The number of aromatic carboxylic acids is 1. The third-order valence-corrected chi connectivity index (χ3v) is 7.07. The lowest BCUT2D eigenvalue weighted by molar-refractivity contribution is 0.0697. The van der Waals surface area contributed by atoms with Gasteiger partial charge < -0.3 is 15.3 Å². The Morgan fingerprint density at radius 2 is 2.23 bits per heavy atom. The van der Waals surface area contributed by atoms with Gasteiger partial charge in [-0.2, -0.15) is 0 Å². The van der Waals surface area contributed by atoms with Gasteiger partial charge in [-0.3, -0.25) is 0 Å². The predicted octanol–water partition coefficient (Wildman–Crippen LogP) is 5.63. The summed E-state index contributed by atoms with van der Waals surface area (Å²) in [6.45, 7) is 6.34. The van der Waals surface area contributed by atoms with Gasteiger partial charge in [0.1, 0.15) is 11.4 Å². The minimum Gasteiger partial charge on any atom is -0.478 e. The average molecular weight is 455 g/mol. The SMILES string of the molecule is CC(C)Cc1sc(Nc2ncc(-c3cccs3)cc2C(=O)O)nc1C1=CCN(C)CC1. The van der Waals surface area contributed by atoms with Gasteiger partial charge in [0, 0.05) is 34.6 Å². The van der Waals surface area contributed by atoms with Crippen molar-refractivity contribution in [2.24, 2.45) is 5.92 Å². The first-order chi connectivity index (χ1) is 14.9. The van der Waals surface area contributed by atoms with Gasteiger partial charge in [0.25, 0.3) is 0 Å². The monoisotopic (exact) mass is 454 g/mol. The second kappa shape index (κ2) is 9.30. The number of carbonyl (C=O) groups is 1. The standard InChI is InChI=1S/C23H26N4O2S2/c1-14(2)11-19-20(15-6-8-27(3)9-7-15)25-23(31-19)26-21-17(22(28)29)12-16(13-24-21)18-5-4-10-30-18/h4-6,10,12-14H,7-9,11H2,1-3H3,(H,28,29)(H,24,25,26). The molecule has 4 rings (SSSR count). The molecular formula is C23H26N4O2S2. The number of nitrogens with one attached hydrogen (secondary N) is 1. The fraction of sp³-hybridized carbons (Fsp3) is 0.348. The molecule has 0 aromatic carbocycles. The summed E-state index contributed by atoms with van der Waals surface area (Å²) in [5.74, 6) is -0.177. The van der Waals surface area contributed by atoms with Crippen molar-refractivity contribution in [1.29, 1.82) is 0 Å². The third-order valence-electron chi connectivity index (χ3n) is 5.16. The molecule has 0 saturated carbocycles. The molecule has 0 spiro atoms. The summed E-state index contributed by atoms with van der Waals surface area (Å²) in [4.78, 5) is 25.7. The molecule has 2 N–H and O–H groups in total. The molecule has 0 amide bonds. The van der Waals surface area contributed by atoms with Crippen LogP contribution in [0, 0.1) is 5.92 Å². The first-order valence-electron chi connectivity index (χ1n) is 10.3. The van der Waals surface area contributed by atoms with Gasteiger partial charge in [-0.25, -0.2) is 14.8 Å². The van der Waals surface area contributed by atoms with Crippen molar-refractivity contribution in [2.45, 2.75) is 26.7 Å². The Balaban J connectivity index is 1.66. The zero-order valence-electron chi connectivity index (χ0n) is 17.9. The number of carboxylic acid groups (broad SMARTS) is 1. The Hall–Kier alpha value is -2.55. The molecule has 3 aromatic rings. The van der Waals surface area contributed by atoms with E-state index in [2.05, 4.69) is 42.2 Å². The lowest BCUT2D eigenvalue weighted by Crippen LogP contribution is -2.24. The van der Waals surface area contributed by atoms with Crippen LogP contribution in [0.25, 0.3) is 16.0 Å². The number of thiazole rings is 1. The molecule has 0 fully saturated rings. The van der Waals surface area contributed by atoms with Crippen LogP contribution in [0.2, 0.25) is 0 Å². The second-order valence-corrected chi connectivity index (χ2v) is 10.2. The van der Waals surface area contributed by atoms with E-state index in [1.165, 1.54) is 10.5 Å². The number of likely N-dealkylation sites (N-methyl/N-ethyl adjacent to an activating group) is 1. The van der Waals surface area contributed by atoms with E-state index >= 15 is 0 Å². The lowest BCUT2D eigenvalue weighted by atomic mass is 10.0. The Morgan fingerprint density at radius 1 is 1.39 bits per heavy atom. The molecule has 162 valence electrons. The van der Waals surface area contributed by atoms with Crippen LogP contribution in [0.15, 0.2) is 35.9 Å². The smallest absolute Gasteiger partial charge is 0.339 e. The highest BCUT2D eigenvalue weighted by Crippen LogP contribution is 2.35. The van der Waals surface area contributed by atoms with Crippen LogP contribution in [0.4, 0.5) is 10.9 Å². The molecule has 0 unspecified atom stereocenters. The fourth-order valence-electron chi connectivity index (χ4n) is 3.56. The number of aromatic nitrogens is 2. The largest absolute Gasteiger partial charge is 0.478 e. The Labute approximate surface area is 190 Å². The van der Waals surface area contributed by atoms with Crippen molar-refractivity contribution in [3.8, 4) is 10.4 Å². The van der Waals surface area contributed by atoms with Crippen LogP contribution in [0.5, 0.6) is 0 Å². The van der Waals surface area contributed by atoms with Gasteiger partial charge in [0.2, 0.25) is 0 Å². The molecule has 1 aliphatic rings. The van der Waals surface area contributed by atoms with E-state index in [0.717, 1.165) is 42.1 Å². The van der Waals surface area contributed by atoms with Gasteiger partial charge in [0.15, 0.2) is 5.13 Å². The number of thiophene rings is 1. The number of nitrogens with zero attached hydrogens (tertiary/aromatic N) is 3. The number of anilines is 2. The molecule has 6 nitrogen and oxygen atoms in total. The average Bonchev–Trinajstić information content (AvgIpc) is 3.39. The maximum absolute atomic E-state index is 11.9. The summed E-state index contributed by atoms with van der Waals surface area (Å²) in [6.07, 6.45) is 5.88. The molecule has 4 heterocycles. The summed E-state index contributed by atoms with van der Waals surface area (Å²) in [5.41, 5.74) is 3.26. The van der Waals surface area contributed by atoms with Crippen LogP contribution in [0.3, 0.4) is 0 Å². The van der Waals surface area contributed by atoms with E-state index in [9.17, 15) is 9.90 Å². The van der Waals surface area contributed by atoms with Crippen LogP contribution in [-0.2, 0) is 6.42 Å². The van der Waals surface area contributed by atoms with Gasteiger partial charge in [-0.1, -0.05) is 26.0 Å². The molecule has 0 saturated heterocycles. The highest BCUT2D eigenvalue weighted by molar-refractivity contribution is 7.15. The van der Waals surface area contributed by atoms with Crippen LogP contribution < -0.4 is 5.32 Å². The number of hydrogen-bond acceptors (Lipinski definition) is 7. The summed E-state index contributed by atoms with van der Waals surface area (Å²) in [5, 5.41) is 15.6. The van der Waals surface area contributed by atoms with Gasteiger partial charge in [-0.15, -0.1) is 22.7 Å². The Morgan fingerprint density at radius 3 is 2.87 bits per heavy atom. The predicted molar refractivity (Wildman–Crippen MR) is 129 cm³/mol. The Kier molecular flexibility index (Phi) is 6.50. The van der Waals surface area contributed by atoms with E-state index in [4.69, 9.17) is 4.98 Å². The Bertz CT molecular complexity index is 1100. The number of hydrogen-bond donors (Lipinski definition) is 2. The van der Waals surface area contributed by atoms with Crippen LogP contribution >= 0.6 is 22.7 Å². The van der Waals surface area contributed by atoms with Crippen molar-refractivity contribution in [2.75, 3.05) is 25.5 Å². The molecule has 31 heavy (non-hydrogen) atoms. The minimum absolute atomic E-state index is 0.145. The molecule has 3 aromatic heterocycles. The molecule has 0 aliphatic carbocycles. The van der Waals surface area contributed by atoms with E-state index in [0.29, 0.717) is 16.9 Å². The van der Waals surface area contributed by atoms with Gasteiger partial charge >= 0.3 is 5.97 Å². The molecule has 8 heteroatoms. The number of carboxylic acids is 1. The number of pyridine rings is 1. The maximum atomic E-state index is 11.9. The maximum Gasteiger partial charge on any atom is 0.339 e.